The Morgan fingerprint density at radius 2 is 1.64 bits per heavy atom. The Balaban J connectivity index is 2.59. The van der Waals surface area contributed by atoms with E-state index in [2.05, 4.69) is 5.32 Å². The van der Waals surface area contributed by atoms with Gasteiger partial charge in [0.2, 0.25) is 0 Å². The number of nitrogens with one attached hydrogen (secondary N) is 1. The van der Waals surface area contributed by atoms with Crippen LogP contribution in [0.1, 0.15) is 43.0 Å². The zero-order chi connectivity index (χ0) is 18.8. The van der Waals surface area contributed by atoms with Crippen LogP contribution in [0.2, 0.25) is 0 Å². The van der Waals surface area contributed by atoms with Crippen molar-refractivity contribution in [2.45, 2.75) is 38.7 Å². The minimum absolute atomic E-state index is 0.206. The summed E-state index contributed by atoms with van der Waals surface area (Å²) in [5, 5.41) is 3.11. The molecule has 1 unspecified atom stereocenters. The predicted octanol–water partition coefficient (Wildman–Crippen LogP) is 4.72. The molecule has 1 aliphatic heterocycles. The first-order valence-corrected chi connectivity index (χ1v) is 8.28. The van der Waals surface area contributed by atoms with Crippen LogP contribution in [-0.4, -0.2) is 31.1 Å². The molecular formula is C17H22F6N2. The summed E-state index contributed by atoms with van der Waals surface area (Å²) < 4.78 is 79.6. The summed E-state index contributed by atoms with van der Waals surface area (Å²) in [6.07, 6.45) is -8.80. The molecule has 2 rings (SSSR count). The summed E-state index contributed by atoms with van der Waals surface area (Å²) in [6, 6.07) is 1.06. The minimum Gasteiger partial charge on any atom is -0.314 e. The standard InChI is InChI=1S/C17H22F6N2/c1-3-11(2)15(25-8-6-24-7-9-25)13-10-12(16(18,19)20)4-5-14(13)17(21,22)23/h4-5,10-11,15,24H,3,6-9H2,1-2H3/t11?,15-/m0/s1. The maximum atomic E-state index is 13.5. The number of alkyl halides is 6. The molecule has 0 aliphatic carbocycles. The van der Waals surface area contributed by atoms with Gasteiger partial charge in [-0.1, -0.05) is 20.3 Å². The number of halogens is 6. The lowest BCUT2D eigenvalue weighted by atomic mass is 9.86. The number of rotatable bonds is 4. The third kappa shape index (κ3) is 4.67. The maximum absolute atomic E-state index is 13.5. The van der Waals surface area contributed by atoms with Gasteiger partial charge in [0.15, 0.2) is 0 Å². The molecule has 0 radical (unpaired) electrons. The zero-order valence-corrected chi connectivity index (χ0v) is 14.1. The van der Waals surface area contributed by atoms with Crippen molar-refractivity contribution in [1.29, 1.82) is 0 Å². The average Bonchev–Trinajstić information content (AvgIpc) is 2.54. The van der Waals surface area contributed by atoms with E-state index in [0.29, 0.717) is 50.8 Å². The molecule has 2 atom stereocenters. The Labute approximate surface area is 143 Å². The molecule has 142 valence electrons. The van der Waals surface area contributed by atoms with E-state index in [4.69, 9.17) is 0 Å². The first-order chi connectivity index (χ1) is 11.6. The van der Waals surface area contributed by atoms with E-state index in [1.165, 1.54) is 0 Å². The molecule has 0 spiro atoms. The van der Waals surface area contributed by atoms with Crippen LogP contribution in [0.15, 0.2) is 18.2 Å². The molecule has 0 aromatic heterocycles. The monoisotopic (exact) mass is 368 g/mol. The summed E-state index contributed by atoms with van der Waals surface area (Å²) in [4.78, 5) is 1.86. The van der Waals surface area contributed by atoms with Crippen molar-refractivity contribution in [2.75, 3.05) is 26.2 Å². The van der Waals surface area contributed by atoms with E-state index in [9.17, 15) is 26.3 Å². The van der Waals surface area contributed by atoms with E-state index in [0.717, 1.165) is 0 Å². The molecule has 1 aliphatic rings. The fourth-order valence-corrected chi connectivity index (χ4v) is 3.29. The molecule has 1 fully saturated rings. The van der Waals surface area contributed by atoms with E-state index >= 15 is 0 Å². The third-order valence-electron chi connectivity index (χ3n) is 4.73. The molecule has 8 heteroatoms. The van der Waals surface area contributed by atoms with Gasteiger partial charge in [-0.25, -0.2) is 0 Å². The smallest absolute Gasteiger partial charge is 0.314 e. The van der Waals surface area contributed by atoms with Gasteiger partial charge in [0.1, 0.15) is 0 Å². The molecule has 2 nitrogen and oxygen atoms in total. The number of benzene rings is 1. The molecule has 0 amide bonds. The summed E-state index contributed by atoms with van der Waals surface area (Å²) in [6.45, 7) is 5.83. The highest BCUT2D eigenvalue weighted by molar-refractivity contribution is 5.38. The van der Waals surface area contributed by atoms with Gasteiger partial charge < -0.3 is 5.32 Å². The quantitative estimate of drug-likeness (QED) is 0.774. The van der Waals surface area contributed by atoms with E-state index in [1.54, 1.807) is 6.92 Å². The van der Waals surface area contributed by atoms with Crippen molar-refractivity contribution in [1.82, 2.24) is 10.2 Å². The summed E-state index contributed by atoms with van der Waals surface area (Å²) in [5.41, 5.74) is -2.30. The first kappa shape index (κ1) is 20.0. The van der Waals surface area contributed by atoms with Gasteiger partial charge in [0.25, 0.3) is 0 Å². The van der Waals surface area contributed by atoms with Gasteiger partial charge in [-0.15, -0.1) is 0 Å². The number of hydrogen-bond donors (Lipinski definition) is 1. The van der Waals surface area contributed by atoms with Crippen LogP contribution in [-0.2, 0) is 12.4 Å². The Morgan fingerprint density at radius 1 is 1.04 bits per heavy atom. The van der Waals surface area contributed by atoms with Crippen LogP contribution in [0.25, 0.3) is 0 Å². The van der Waals surface area contributed by atoms with Crippen LogP contribution in [0.3, 0.4) is 0 Å². The number of hydrogen-bond acceptors (Lipinski definition) is 2. The molecule has 1 saturated heterocycles. The van der Waals surface area contributed by atoms with E-state index in [-0.39, 0.29) is 11.5 Å². The average molecular weight is 368 g/mol. The molecule has 0 saturated carbocycles. The van der Waals surface area contributed by atoms with Crippen LogP contribution in [0.4, 0.5) is 26.3 Å². The van der Waals surface area contributed by atoms with Crippen molar-refractivity contribution in [3.05, 3.63) is 34.9 Å². The summed E-state index contributed by atoms with van der Waals surface area (Å²) in [7, 11) is 0. The first-order valence-electron chi connectivity index (χ1n) is 8.28. The number of piperazine rings is 1. The fraction of sp³-hybridized carbons (Fsp3) is 0.647. The Kier molecular flexibility index (Phi) is 6.04. The highest BCUT2D eigenvalue weighted by Gasteiger charge is 2.40. The molecule has 1 aromatic carbocycles. The third-order valence-corrected chi connectivity index (χ3v) is 4.73. The Hall–Kier alpha value is -1.28. The fourth-order valence-electron chi connectivity index (χ4n) is 3.29. The summed E-state index contributed by atoms with van der Waals surface area (Å²) in [5.74, 6) is -0.206. The zero-order valence-electron chi connectivity index (χ0n) is 14.1. The van der Waals surface area contributed by atoms with Gasteiger partial charge in [-0.2, -0.15) is 26.3 Å². The van der Waals surface area contributed by atoms with Crippen LogP contribution >= 0.6 is 0 Å². The van der Waals surface area contributed by atoms with Crippen LogP contribution in [0.5, 0.6) is 0 Å². The second-order valence-electron chi connectivity index (χ2n) is 6.41. The predicted molar refractivity (Wildman–Crippen MR) is 83.1 cm³/mol. The van der Waals surface area contributed by atoms with Crippen molar-refractivity contribution in [3.63, 3.8) is 0 Å². The summed E-state index contributed by atoms with van der Waals surface area (Å²) >= 11 is 0. The van der Waals surface area contributed by atoms with E-state index in [1.807, 2.05) is 11.8 Å². The molecule has 1 heterocycles. The van der Waals surface area contributed by atoms with Gasteiger partial charge in [0, 0.05) is 32.2 Å². The maximum Gasteiger partial charge on any atom is 0.416 e. The minimum atomic E-state index is -4.70. The largest absolute Gasteiger partial charge is 0.416 e. The molecule has 0 bridgehead atoms. The van der Waals surface area contributed by atoms with Gasteiger partial charge in [-0.3, -0.25) is 4.90 Å². The van der Waals surface area contributed by atoms with Gasteiger partial charge in [-0.05, 0) is 29.7 Å². The van der Waals surface area contributed by atoms with Crippen LogP contribution in [0, 0.1) is 5.92 Å². The van der Waals surface area contributed by atoms with Crippen LogP contribution < -0.4 is 5.32 Å². The highest BCUT2D eigenvalue weighted by atomic mass is 19.4. The molecular weight excluding hydrogens is 346 g/mol. The topological polar surface area (TPSA) is 15.3 Å². The van der Waals surface area contributed by atoms with Crippen molar-refractivity contribution >= 4 is 0 Å². The highest BCUT2D eigenvalue weighted by Crippen LogP contribution is 2.42. The van der Waals surface area contributed by atoms with Crippen molar-refractivity contribution < 1.29 is 26.3 Å². The lowest BCUT2D eigenvalue weighted by Crippen LogP contribution is -2.47. The Morgan fingerprint density at radius 3 is 2.12 bits per heavy atom. The normalized spacial score (nSPS) is 19.7. The SMILES string of the molecule is CCC(C)[C@@H](c1cc(C(F)(F)F)ccc1C(F)(F)F)N1CCNCC1. The van der Waals surface area contributed by atoms with E-state index < -0.39 is 29.5 Å². The second kappa shape index (κ2) is 7.53. The van der Waals surface area contributed by atoms with Crippen molar-refractivity contribution in [3.8, 4) is 0 Å². The lowest BCUT2D eigenvalue weighted by molar-refractivity contribution is -0.142. The van der Waals surface area contributed by atoms with Crippen molar-refractivity contribution in [2.24, 2.45) is 5.92 Å². The second-order valence-corrected chi connectivity index (χ2v) is 6.41. The molecule has 25 heavy (non-hydrogen) atoms. The van der Waals surface area contributed by atoms with Gasteiger partial charge >= 0.3 is 12.4 Å². The molecule has 1 N–H and O–H groups in total. The molecule has 1 aromatic rings. The number of nitrogens with zero attached hydrogens (tertiary/aromatic N) is 1. The Bertz CT molecular complexity index is 575. The van der Waals surface area contributed by atoms with Gasteiger partial charge in [0.05, 0.1) is 11.1 Å². The lowest BCUT2D eigenvalue weighted by Gasteiger charge is -2.39.